The molecule has 0 saturated heterocycles. The lowest BCUT2D eigenvalue weighted by Gasteiger charge is -2.05. The summed E-state index contributed by atoms with van der Waals surface area (Å²) in [5, 5.41) is 9.50. The van der Waals surface area contributed by atoms with Crippen LogP contribution in [-0.2, 0) is 0 Å². The monoisotopic (exact) mass is 350 g/mol. The fourth-order valence-electron chi connectivity index (χ4n) is 2.77. The minimum atomic E-state index is 0.287. The molecule has 5 nitrogen and oxygen atoms in total. The first-order chi connectivity index (χ1) is 12.2. The van der Waals surface area contributed by atoms with Crippen LogP contribution in [0.2, 0.25) is 0 Å². The Morgan fingerprint density at radius 1 is 1.08 bits per heavy atom. The number of thiazole rings is 1. The zero-order chi connectivity index (χ0) is 17.4. The highest BCUT2D eigenvalue weighted by Crippen LogP contribution is 2.34. The van der Waals surface area contributed by atoms with E-state index in [2.05, 4.69) is 53.4 Å². The third-order valence-corrected chi connectivity index (χ3v) is 5.16. The summed E-state index contributed by atoms with van der Waals surface area (Å²) in [4.78, 5) is 5.70. The highest BCUT2D eigenvalue weighted by Gasteiger charge is 2.11. The van der Waals surface area contributed by atoms with E-state index in [0.29, 0.717) is 0 Å². The van der Waals surface area contributed by atoms with Crippen LogP contribution in [0.5, 0.6) is 5.75 Å². The fraction of sp³-hybridized carbons (Fsp3) is 0.211. The number of nitrogens with zero attached hydrogens (tertiary/aromatic N) is 4. The molecule has 2 aromatic heterocycles. The van der Waals surface area contributed by atoms with E-state index in [1.165, 1.54) is 0 Å². The predicted molar refractivity (Wildman–Crippen MR) is 101 cm³/mol. The van der Waals surface area contributed by atoms with Crippen LogP contribution in [0.15, 0.2) is 48.7 Å². The van der Waals surface area contributed by atoms with Gasteiger partial charge in [0.25, 0.3) is 0 Å². The summed E-state index contributed by atoms with van der Waals surface area (Å²) in [7, 11) is 1.68. The van der Waals surface area contributed by atoms with Gasteiger partial charge in [0.1, 0.15) is 16.3 Å². The average Bonchev–Trinajstić information content (AvgIpc) is 3.28. The third kappa shape index (κ3) is 2.89. The van der Waals surface area contributed by atoms with Gasteiger partial charge in [-0.05, 0) is 49.7 Å². The van der Waals surface area contributed by atoms with Gasteiger partial charge < -0.3 is 4.74 Å². The third-order valence-electron chi connectivity index (χ3n) is 4.07. The molecule has 0 amide bonds. The maximum Gasteiger partial charge on any atom is 0.123 e. The van der Waals surface area contributed by atoms with Gasteiger partial charge in [-0.3, -0.25) is 0 Å². The van der Waals surface area contributed by atoms with Crippen molar-refractivity contribution >= 4 is 22.4 Å². The van der Waals surface area contributed by atoms with Gasteiger partial charge in [0, 0.05) is 17.8 Å². The van der Waals surface area contributed by atoms with E-state index >= 15 is 0 Å². The van der Waals surface area contributed by atoms with E-state index < -0.39 is 0 Å². The van der Waals surface area contributed by atoms with Crippen molar-refractivity contribution < 1.29 is 4.74 Å². The summed E-state index contributed by atoms with van der Waals surface area (Å²) >= 11 is 1.66. The van der Waals surface area contributed by atoms with Crippen molar-refractivity contribution in [3.63, 3.8) is 0 Å². The second kappa shape index (κ2) is 6.29. The maximum absolute atomic E-state index is 5.30. The Labute approximate surface area is 149 Å². The molecule has 0 N–H and O–H groups in total. The van der Waals surface area contributed by atoms with Crippen LogP contribution in [0.1, 0.15) is 19.9 Å². The Balaban J connectivity index is 1.71. The van der Waals surface area contributed by atoms with Gasteiger partial charge in [0.15, 0.2) is 0 Å². The van der Waals surface area contributed by atoms with Gasteiger partial charge in [-0.1, -0.05) is 17.3 Å². The normalized spacial score (nSPS) is 11.4. The number of fused-ring (bicyclic) bond motifs is 1. The summed E-state index contributed by atoms with van der Waals surface area (Å²) in [6, 6.07) is 14.5. The first-order valence-corrected chi connectivity index (χ1v) is 8.93. The van der Waals surface area contributed by atoms with E-state index in [4.69, 9.17) is 4.74 Å². The number of methoxy groups -OCH3 is 1. The summed E-state index contributed by atoms with van der Waals surface area (Å²) in [6.45, 7) is 4.20. The molecule has 25 heavy (non-hydrogen) atoms. The van der Waals surface area contributed by atoms with Crippen LogP contribution in [-0.4, -0.2) is 27.1 Å². The molecular weight excluding hydrogens is 332 g/mol. The molecule has 0 radical (unpaired) electrons. The number of ether oxygens (including phenoxy) is 1. The average molecular weight is 350 g/mol. The van der Waals surface area contributed by atoms with Gasteiger partial charge >= 0.3 is 0 Å². The standard InChI is InChI=1S/C19H18N4OS/c1-12(2)23-17-8-7-14(10-16(17)21-22-23)19-20-11-18(25-19)13-5-4-6-15(9-13)24-3/h4-12H,1-3H3. The van der Waals surface area contributed by atoms with Gasteiger partial charge in [-0.25, -0.2) is 9.67 Å². The summed E-state index contributed by atoms with van der Waals surface area (Å²) in [5.74, 6) is 0.846. The van der Waals surface area contributed by atoms with E-state index in [1.807, 2.05) is 29.1 Å². The van der Waals surface area contributed by atoms with Crippen molar-refractivity contribution in [1.29, 1.82) is 0 Å². The van der Waals surface area contributed by atoms with Crippen LogP contribution in [0, 0.1) is 0 Å². The van der Waals surface area contributed by atoms with Crippen molar-refractivity contribution in [2.75, 3.05) is 7.11 Å². The Hall–Kier alpha value is -2.73. The van der Waals surface area contributed by atoms with Crippen LogP contribution in [0.3, 0.4) is 0 Å². The molecule has 0 bridgehead atoms. The van der Waals surface area contributed by atoms with Gasteiger partial charge in [0.05, 0.1) is 17.5 Å². The molecule has 0 spiro atoms. The second-order valence-electron chi connectivity index (χ2n) is 6.09. The second-order valence-corrected chi connectivity index (χ2v) is 7.12. The van der Waals surface area contributed by atoms with Crippen LogP contribution >= 0.6 is 11.3 Å². The first kappa shape index (κ1) is 15.8. The predicted octanol–water partition coefficient (Wildman–Crippen LogP) is 4.81. The molecule has 0 aliphatic rings. The minimum Gasteiger partial charge on any atom is -0.497 e. The van der Waals surface area contributed by atoms with Gasteiger partial charge in [0.2, 0.25) is 0 Å². The van der Waals surface area contributed by atoms with Crippen LogP contribution in [0.25, 0.3) is 32.0 Å². The molecule has 4 aromatic rings. The van der Waals surface area contributed by atoms with Crippen LogP contribution in [0.4, 0.5) is 0 Å². The number of benzene rings is 2. The molecule has 6 heteroatoms. The molecule has 0 atom stereocenters. The van der Waals surface area contributed by atoms with Crippen molar-refractivity contribution in [2.45, 2.75) is 19.9 Å². The number of rotatable bonds is 4. The highest BCUT2D eigenvalue weighted by molar-refractivity contribution is 7.18. The Bertz CT molecular complexity index is 1030. The topological polar surface area (TPSA) is 52.8 Å². The summed E-state index contributed by atoms with van der Waals surface area (Å²) < 4.78 is 7.24. The number of hydrogen-bond acceptors (Lipinski definition) is 5. The lowest BCUT2D eigenvalue weighted by atomic mass is 10.2. The molecule has 0 unspecified atom stereocenters. The smallest absolute Gasteiger partial charge is 0.123 e. The SMILES string of the molecule is COc1cccc(-c2cnc(-c3ccc4c(c3)nnn4C(C)C)s2)c1. The van der Waals surface area contributed by atoms with E-state index in [-0.39, 0.29) is 6.04 Å². The van der Waals surface area contributed by atoms with E-state index in [0.717, 1.165) is 37.8 Å². The quantitative estimate of drug-likeness (QED) is 0.530. The molecule has 2 heterocycles. The summed E-state index contributed by atoms with van der Waals surface area (Å²) in [5.41, 5.74) is 4.10. The molecule has 4 rings (SSSR count). The molecule has 0 fully saturated rings. The maximum atomic E-state index is 5.30. The summed E-state index contributed by atoms with van der Waals surface area (Å²) in [6.07, 6.45) is 1.91. The highest BCUT2D eigenvalue weighted by atomic mass is 32.1. The molecule has 2 aromatic carbocycles. The van der Waals surface area contributed by atoms with Crippen molar-refractivity contribution in [1.82, 2.24) is 20.0 Å². The minimum absolute atomic E-state index is 0.287. The lowest BCUT2D eigenvalue weighted by molar-refractivity contribution is 0.415. The fourth-order valence-corrected chi connectivity index (χ4v) is 3.68. The van der Waals surface area contributed by atoms with Crippen molar-refractivity contribution in [3.05, 3.63) is 48.7 Å². The zero-order valence-electron chi connectivity index (χ0n) is 14.3. The number of aromatic nitrogens is 4. The molecule has 126 valence electrons. The number of hydrogen-bond donors (Lipinski definition) is 0. The molecule has 0 aliphatic heterocycles. The Morgan fingerprint density at radius 2 is 1.96 bits per heavy atom. The van der Waals surface area contributed by atoms with Gasteiger partial charge in [-0.2, -0.15) is 0 Å². The van der Waals surface area contributed by atoms with Crippen molar-refractivity contribution in [3.8, 4) is 26.8 Å². The van der Waals surface area contributed by atoms with Gasteiger partial charge in [-0.15, -0.1) is 16.4 Å². The first-order valence-electron chi connectivity index (χ1n) is 8.11. The lowest BCUT2D eigenvalue weighted by Crippen LogP contribution is -2.02. The van der Waals surface area contributed by atoms with E-state index in [9.17, 15) is 0 Å². The van der Waals surface area contributed by atoms with Crippen molar-refractivity contribution in [2.24, 2.45) is 0 Å². The largest absolute Gasteiger partial charge is 0.497 e. The molecule has 0 saturated carbocycles. The van der Waals surface area contributed by atoms with Crippen LogP contribution < -0.4 is 4.74 Å². The van der Waals surface area contributed by atoms with E-state index in [1.54, 1.807) is 18.4 Å². The molecular formula is C19H18N4OS. The zero-order valence-corrected chi connectivity index (χ0v) is 15.1. The molecule has 0 aliphatic carbocycles. The Morgan fingerprint density at radius 3 is 2.76 bits per heavy atom. The Kier molecular flexibility index (Phi) is 3.97.